The van der Waals surface area contributed by atoms with Gasteiger partial charge < -0.3 is 15.0 Å². The largest absolute Gasteiger partial charge is 0.496 e. The van der Waals surface area contributed by atoms with Crippen molar-refractivity contribution in [3.63, 3.8) is 0 Å². The number of hydrogen-bond acceptors (Lipinski definition) is 5. The van der Waals surface area contributed by atoms with Gasteiger partial charge in [-0.15, -0.1) is 0 Å². The topological polar surface area (TPSA) is 109 Å². The highest BCUT2D eigenvalue weighted by Crippen LogP contribution is 2.55. The van der Waals surface area contributed by atoms with E-state index in [-0.39, 0.29) is 11.6 Å². The van der Waals surface area contributed by atoms with E-state index < -0.39 is 17.3 Å². The van der Waals surface area contributed by atoms with Crippen molar-refractivity contribution in [3.05, 3.63) is 53.6 Å². The molecule has 148 valence electrons. The van der Waals surface area contributed by atoms with Gasteiger partial charge in [-0.25, -0.2) is 0 Å². The molecular weight excluding hydrogens is 374 g/mol. The van der Waals surface area contributed by atoms with Gasteiger partial charge in [0, 0.05) is 17.4 Å². The predicted octanol–water partition coefficient (Wildman–Crippen LogP) is 2.21. The van der Waals surface area contributed by atoms with Crippen LogP contribution in [0.15, 0.2) is 48.0 Å². The lowest BCUT2D eigenvalue weighted by atomic mass is 9.54. The molecule has 1 fully saturated rings. The van der Waals surface area contributed by atoms with E-state index in [0.717, 1.165) is 28.5 Å². The number of benzene rings is 2. The van der Waals surface area contributed by atoms with E-state index in [9.17, 15) is 15.8 Å². The van der Waals surface area contributed by atoms with E-state index in [2.05, 4.69) is 25.3 Å². The number of nitrogens with one attached hydrogen (secondary N) is 2. The maximum atomic E-state index is 10.3. The Labute approximate surface area is 175 Å². The number of nitrogens with zero attached hydrogens (tertiary/aromatic N) is 3. The zero-order valence-corrected chi connectivity index (χ0v) is 16.9. The number of fused-ring (bicyclic) bond motifs is 2. The number of ether oxygens (including phenoxy) is 1. The van der Waals surface area contributed by atoms with Crippen LogP contribution >= 0.6 is 0 Å². The monoisotopic (exact) mass is 396 g/mol. The summed E-state index contributed by atoms with van der Waals surface area (Å²) in [6.45, 7) is 1.43. The number of quaternary nitrogens is 1. The second-order valence-electron chi connectivity index (χ2n) is 8.06. The first kappa shape index (κ1) is 19.6. The second-order valence-corrected chi connectivity index (χ2v) is 8.06. The molecule has 1 aliphatic carbocycles. The maximum absolute atomic E-state index is 10.3. The van der Waals surface area contributed by atoms with Gasteiger partial charge in [0.1, 0.15) is 11.7 Å². The Bertz CT molecular complexity index is 1180. The minimum absolute atomic E-state index is 0.128. The summed E-state index contributed by atoms with van der Waals surface area (Å²) in [6.07, 6.45) is 2.02. The fraction of sp³-hybridized carbons (Fsp3) is 0.333. The maximum Gasteiger partial charge on any atom is 0.190 e. The number of rotatable bonds is 2. The molecule has 2 aliphatic rings. The van der Waals surface area contributed by atoms with Crippen LogP contribution in [0, 0.1) is 56.7 Å². The van der Waals surface area contributed by atoms with E-state index >= 15 is 0 Å². The van der Waals surface area contributed by atoms with Gasteiger partial charge in [-0.05, 0) is 28.5 Å². The van der Waals surface area contributed by atoms with Gasteiger partial charge in [-0.1, -0.05) is 30.3 Å². The Morgan fingerprint density at radius 2 is 1.87 bits per heavy atom. The molecule has 4 atom stereocenters. The number of likely N-dealkylation sites (N-methyl/N-ethyl adjacent to an activating group) is 1. The van der Waals surface area contributed by atoms with E-state index in [1.807, 2.05) is 42.5 Å². The summed E-state index contributed by atoms with van der Waals surface area (Å²) in [6, 6.07) is 18.2. The molecule has 2 aromatic rings. The molecule has 0 saturated heterocycles. The third-order valence-corrected chi connectivity index (χ3v) is 6.54. The zero-order valence-electron chi connectivity index (χ0n) is 16.9. The first-order valence-corrected chi connectivity index (χ1v) is 9.90. The Morgan fingerprint density at radius 3 is 2.53 bits per heavy atom. The van der Waals surface area contributed by atoms with Crippen LogP contribution < -0.4 is 9.64 Å². The van der Waals surface area contributed by atoms with Crippen molar-refractivity contribution >= 4 is 16.5 Å². The standard InChI is InChI=1S/C24H21N5O/c1-29-10-9-17-18(11-25)23(28)24(13-26,14-27)22(19(17)12-29)21-16-6-4-3-5-15(16)7-8-20(21)30-2/h3-9,18-19,22,28H,10,12H2,1-2H3/p+1/t18?,19-,22+/m0/s1. The van der Waals surface area contributed by atoms with Crippen molar-refractivity contribution in [2.75, 3.05) is 27.2 Å². The average Bonchev–Trinajstić information content (AvgIpc) is 2.78. The highest BCUT2D eigenvalue weighted by molar-refractivity contribution is 6.02. The molecule has 0 spiro atoms. The summed E-state index contributed by atoms with van der Waals surface area (Å²) < 4.78 is 5.70. The summed E-state index contributed by atoms with van der Waals surface area (Å²) in [5.41, 5.74) is -0.242. The quantitative estimate of drug-likeness (QED) is 0.759. The smallest absolute Gasteiger partial charge is 0.190 e. The number of hydrogen-bond donors (Lipinski definition) is 2. The highest BCUT2D eigenvalue weighted by atomic mass is 16.5. The number of nitriles is 3. The summed E-state index contributed by atoms with van der Waals surface area (Å²) in [5, 5.41) is 41.0. The Kier molecular flexibility index (Phi) is 4.78. The fourth-order valence-electron chi connectivity index (χ4n) is 5.14. The first-order valence-electron chi connectivity index (χ1n) is 9.90. The molecular formula is C24H22N5O+. The fourth-order valence-corrected chi connectivity index (χ4v) is 5.14. The summed E-state index contributed by atoms with van der Waals surface area (Å²) in [5.74, 6) is -1.07. The summed E-state index contributed by atoms with van der Waals surface area (Å²) >= 11 is 0. The summed E-state index contributed by atoms with van der Waals surface area (Å²) in [4.78, 5) is 1.24. The Hall–Kier alpha value is -3.66. The minimum Gasteiger partial charge on any atom is -0.496 e. The highest BCUT2D eigenvalue weighted by Gasteiger charge is 2.59. The third-order valence-electron chi connectivity index (χ3n) is 6.54. The Morgan fingerprint density at radius 1 is 1.13 bits per heavy atom. The molecule has 2 unspecified atom stereocenters. The molecule has 0 aromatic heterocycles. The van der Waals surface area contributed by atoms with Gasteiger partial charge in [0.25, 0.3) is 0 Å². The predicted molar refractivity (Wildman–Crippen MR) is 112 cm³/mol. The third kappa shape index (κ3) is 2.61. The summed E-state index contributed by atoms with van der Waals surface area (Å²) in [7, 11) is 3.64. The van der Waals surface area contributed by atoms with Crippen molar-refractivity contribution in [2.24, 2.45) is 17.3 Å². The minimum atomic E-state index is -1.74. The number of methoxy groups -OCH3 is 1. The molecule has 0 radical (unpaired) electrons. The molecule has 1 heterocycles. The van der Waals surface area contributed by atoms with Crippen molar-refractivity contribution in [3.8, 4) is 24.0 Å². The SMILES string of the molecule is COc1ccc2ccccc2c1[C@H]1[C@H]2C[NH+](C)CC=C2C(C#N)C(=N)C1(C#N)C#N. The van der Waals surface area contributed by atoms with E-state index in [1.54, 1.807) is 7.11 Å². The van der Waals surface area contributed by atoms with Gasteiger partial charge >= 0.3 is 0 Å². The molecule has 6 nitrogen and oxygen atoms in total. The van der Waals surface area contributed by atoms with E-state index in [0.29, 0.717) is 12.3 Å². The molecule has 1 aliphatic heterocycles. The lowest BCUT2D eigenvalue weighted by Crippen LogP contribution is -3.10. The molecule has 2 aromatic carbocycles. The van der Waals surface area contributed by atoms with Crippen molar-refractivity contribution in [1.82, 2.24) is 0 Å². The molecule has 2 N–H and O–H groups in total. The molecule has 1 saturated carbocycles. The van der Waals surface area contributed by atoms with Crippen molar-refractivity contribution in [2.45, 2.75) is 5.92 Å². The van der Waals surface area contributed by atoms with Crippen LogP contribution in [0.3, 0.4) is 0 Å². The second kappa shape index (κ2) is 7.30. The van der Waals surface area contributed by atoms with Crippen LogP contribution in [0.25, 0.3) is 10.8 Å². The van der Waals surface area contributed by atoms with Crippen molar-refractivity contribution in [1.29, 1.82) is 21.2 Å². The van der Waals surface area contributed by atoms with E-state index in [1.165, 1.54) is 4.90 Å². The van der Waals surface area contributed by atoms with Crippen LogP contribution in [0.1, 0.15) is 11.5 Å². The molecule has 0 amide bonds. The van der Waals surface area contributed by atoms with Crippen LogP contribution in [-0.4, -0.2) is 33.0 Å². The molecule has 0 bridgehead atoms. The van der Waals surface area contributed by atoms with Gasteiger partial charge in [-0.3, -0.25) is 0 Å². The van der Waals surface area contributed by atoms with Crippen LogP contribution in [0.5, 0.6) is 5.75 Å². The van der Waals surface area contributed by atoms with Gasteiger partial charge in [0.05, 0.1) is 51.2 Å². The van der Waals surface area contributed by atoms with Gasteiger partial charge in [-0.2, -0.15) is 15.8 Å². The molecule has 30 heavy (non-hydrogen) atoms. The average molecular weight is 396 g/mol. The molecule has 4 rings (SSSR count). The van der Waals surface area contributed by atoms with Crippen LogP contribution in [0.2, 0.25) is 0 Å². The zero-order chi connectivity index (χ0) is 21.5. The lowest BCUT2D eigenvalue weighted by molar-refractivity contribution is -0.878. The van der Waals surface area contributed by atoms with E-state index in [4.69, 9.17) is 10.1 Å². The first-order chi connectivity index (χ1) is 14.5. The van der Waals surface area contributed by atoms with Gasteiger partial charge in [0.2, 0.25) is 0 Å². The molecule has 6 heteroatoms. The van der Waals surface area contributed by atoms with Crippen molar-refractivity contribution < 1.29 is 9.64 Å². The Balaban J connectivity index is 2.10. The van der Waals surface area contributed by atoms with Crippen LogP contribution in [0.4, 0.5) is 0 Å². The van der Waals surface area contributed by atoms with Gasteiger partial charge in [0.15, 0.2) is 5.41 Å². The lowest BCUT2D eigenvalue weighted by Gasteiger charge is -2.46. The van der Waals surface area contributed by atoms with Crippen LogP contribution in [-0.2, 0) is 0 Å². The normalized spacial score (nSPS) is 27.2.